The highest BCUT2D eigenvalue weighted by atomic mass is 16.5. The van der Waals surface area contributed by atoms with Gasteiger partial charge in [-0.15, -0.1) is 0 Å². The Morgan fingerprint density at radius 2 is 1.04 bits per heavy atom. The van der Waals surface area contributed by atoms with Crippen LogP contribution in [-0.4, -0.2) is 36.3 Å². The molecule has 2 aromatic carbocycles. The van der Waals surface area contributed by atoms with Crippen LogP contribution in [0.4, 0.5) is 11.4 Å². The minimum atomic E-state index is -0.0570. The van der Waals surface area contributed by atoms with Crippen molar-refractivity contribution >= 4 is 23.0 Å². The first kappa shape index (κ1) is 17.3. The molecule has 0 aliphatic carbocycles. The van der Waals surface area contributed by atoms with Gasteiger partial charge < -0.3 is 9.47 Å². The number of ether oxygens (including phenoxy) is 2. The summed E-state index contributed by atoms with van der Waals surface area (Å²) in [4.78, 5) is 8.35. The van der Waals surface area contributed by atoms with Gasteiger partial charge in [-0.25, -0.2) is 20.9 Å². The molecule has 0 aromatic heterocycles. The Morgan fingerprint density at radius 3 is 1.29 bits per heavy atom. The molecule has 0 unspecified atom stereocenters. The second-order valence-corrected chi connectivity index (χ2v) is 4.54. The van der Waals surface area contributed by atoms with Crippen LogP contribution in [0.5, 0.6) is 11.5 Å². The number of nitrogens with one attached hydrogen (secondary N) is 2. The van der Waals surface area contributed by atoms with E-state index in [4.69, 9.17) is 9.47 Å². The van der Waals surface area contributed by atoms with Crippen molar-refractivity contribution in [1.29, 1.82) is 0 Å². The Hall–Kier alpha value is -3.10. The molecule has 0 fully saturated rings. The van der Waals surface area contributed by atoms with Gasteiger partial charge in [0, 0.05) is 0 Å². The van der Waals surface area contributed by atoms with Crippen molar-refractivity contribution in [3.05, 3.63) is 48.5 Å². The molecule has 8 nitrogen and oxygen atoms in total. The summed E-state index contributed by atoms with van der Waals surface area (Å²) in [5.41, 5.74) is 4.89. The zero-order valence-corrected chi connectivity index (χ0v) is 13.2. The van der Waals surface area contributed by atoms with E-state index >= 15 is 0 Å². The maximum Gasteiger partial charge on any atom is 0.195 e. The van der Waals surface area contributed by atoms with Gasteiger partial charge in [0.05, 0.1) is 25.6 Å². The van der Waals surface area contributed by atoms with Crippen LogP contribution < -0.4 is 20.4 Å². The highest BCUT2D eigenvalue weighted by Crippen LogP contribution is 2.19. The lowest BCUT2D eigenvalue weighted by Crippen LogP contribution is -2.37. The smallest absolute Gasteiger partial charge is 0.195 e. The molecule has 126 valence electrons. The second kappa shape index (κ2) is 8.51. The molecule has 2 aromatic rings. The topological polar surface area (TPSA) is 108 Å². The largest absolute Gasteiger partial charge is 0.497 e. The van der Waals surface area contributed by atoms with Crippen molar-refractivity contribution < 1.29 is 19.9 Å². The van der Waals surface area contributed by atoms with Crippen molar-refractivity contribution in [2.75, 3.05) is 14.2 Å². The van der Waals surface area contributed by atoms with Crippen molar-refractivity contribution in [3.8, 4) is 11.5 Å². The van der Waals surface area contributed by atoms with Gasteiger partial charge in [-0.1, -0.05) is 0 Å². The van der Waals surface area contributed by atoms with E-state index in [1.165, 1.54) is 0 Å². The molecule has 2 rings (SSSR count). The molecular formula is C16H18N4O4. The minimum Gasteiger partial charge on any atom is -0.497 e. The number of hydrogen-bond acceptors (Lipinski definition) is 6. The first-order valence-corrected chi connectivity index (χ1v) is 6.96. The Kier molecular flexibility index (Phi) is 6.12. The zero-order valence-electron chi connectivity index (χ0n) is 13.2. The molecule has 0 radical (unpaired) electrons. The Bertz CT molecular complexity index is 648. The number of hydrogen-bond donors (Lipinski definition) is 4. The van der Waals surface area contributed by atoms with E-state index in [1.807, 2.05) is 11.0 Å². The number of hydroxylamine groups is 2. The first-order valence-electron chi connectivity index (χ1n) is 6.96. The molecule has 4 N–H and O–H groups in total. The molecule has 0 bridgehead atoms. The van der Waals surface area contributed by atoms with E-state index in [0.717, 1.165) is 0 Å². The van der Waals surface area contributed by atoms with E-state index < -0.39 is 0 Å². The fourth-order valence-electron chi connectivity index (χ4n) is 1.83. The van der Waals surface area contributed by atoms with Crippen LogP contribution in [0.25, 0.3) is 0 Å². The van der Waals surface area contributed by atoms with Crippen molar-refractivity contribution in [1.82, 2.24) is 11.0 Å². The fourth-order valence-corrected chi connectivity index (χ4v) is 1.83. The van der Waals surface area contributed by atoms with Crippen LogP contribution in [0.1, 0.15) is 0 Å². The molecule has 0 amide bonds. The standard InChI is InChI=1S/C16H18N4O4/c1-23-13-7-3-11(4-8-13)17-15(19-21)16(20-22)18-12-5-9-14(24-2)10-6-12/h3-10,21-22H,1-2H3,(H,17,19)(H,18,20). The van der Waals surface area contributed by atoms with E-state index in [2.05, 4.69) is 9.98 Å². The lowest BCUT2D eigenvalue weighted by atomic mass is 10.3. The third-order valence-corrected chi connectivity index (χ3v) is 3.06. The molecule has 0 aliphatic rings. The van der Waals surface area contributed by atoms with Crippen molar-refractivity contribution in [3.63, 3.8) is 0 Å². The Morgan fingerprint density at radius 1 is 0.708 bits per heavy atom. The summed E-state index contributed by atoms with van der Waals surface area (Å²) in [6, 6.07) is 13.7. The maximum absolute atomic E-state index is 9.29. The van der Waals surface area contributed by atoms with Gasteiger partial charge in [0.15, 0.2) is 11.7 Å². The molecular weight excluding hydrogens is 312 g/mol. The number of benzene rings is 2. The third-order valence-electron chi connectivity index (χ3n) is 3.06. The summed E-state index contributed by atoms with van der Waals surface area (Å²) in [6.45, 7) is 0. The summed E-state index contributed by atoms with van der Waals surface area (Å²) in [7, 11) is 3.13. The predicted octanol–water partition coefficient (Wildman–Crippen LogP) is 2.42. The van der Waals surface area contributed by atoms with Crippen LogP contribution in [0.15, 0.2) is 58.5 Å². The maximum atomic E-state index is 9.29. The summed E-state index contributed by atoms with van der Waals surface area (Å²) in [6.07, 6.45) is 0. The monoisotopic (exact) mass is 330 g/mol. The zero-order chi connectivity index (χ0) is 17.4. The number of aliphatic imine (C=N–C) groups is 2. The van der Waals surface area contributed by atoms with E-state index in [1.54, 1.807) is 62.8 Å². The number of rotatable bonds is 4. The number of amidine groups is 2. The quantitative estimate of drug-likeness (QED) is 0.389. The summed E-state index contributed by atoms with van der Waals surface area (Å²) in [5, 5.41) is 18.6. The average molecular weight is 330 g/mol. The van der Waals surface area contributed by atoms with Gasteiger partial charge in [-0.2, -0.15) is 0 Å². The third kappa shape index (κ3) is 4.45. The fraction of sp³-hybridized carbons (Fsp3) is 0.125. The molecule has 0 atom stereocenters. The highest BCUT2D eigenvalue weighted by molar-refractivity contribution is 6.40. The van der Waals surface area contributed by atoms with Crippen LogP contribution >= 0.6 is 0 Å². The van der Waals surface area contributed by atoms with E-state index in [-0.39, 0.29) is 11.7 Å². The second-order valence-electron chi connectivity index (χ2n) is 4.54. The molecule has 24 heavy (non-hydrogen) atoms. The molecule has 0 aliphatic heterocycles. The van der Waals surface area contributed by atoms with Crippen molar-refractivity contribution in [2.45, 2.75) is 0 Å². The molecule has 0 saturated carbocycles. The summed E-state index contributed by atoms with van der Waals surface area (Å²) >= 11 is 0. The summed E-state index contributed by atoms with van der Waals surface area (Å²) < 4.78 is 10.1. The Labute approximate surface area is 139 Å². The van der Waals surface area contributed by atoms with Gasteiger partial charge in [0.1, 0.15) is 11.5 Å². The molecule has 8 heteroatoms. The SMILES string of the molecule is COc1ccc(N=C(NO)C(=Nc2ccc(OC)cc2)NO)cc1. The van der Waals surface area contributed by atoms with Gasteiger partial charge in [-0.3, -0.25) is 10.4 Å². The molecule has 0 spiro atoms. The van der Waals surface area contributed by atoms with Gasteiger partial charge in [-0.05, 0) is 48.5 Å². The van der Waals surface area contributed by atoms with Crippen molar-refractivity contribution in [2.24, 2.45) is 9.98 Å². The highest BCUT2D eigenvalue weighted by Gasteiger charge is 2.08. The lowest BCUT2D eigenvalue weighted by Gasteiger charge is -2.08. The van der Waals surface area contributed by atoms with Crippen LogP contribution in [-0.2, 0) is 0 Å². The van der Waals surface area contributed by atoms with E-state index in [9.17, 15) is 10.4 Å². The van der Waals surface area contributed by atoms with Gasteiger partial charge in [0.25, 0.3) is 0 Å². The van der Waals surface area contributed by atoms with E-state index in [0.29, 0.717) is 22.9 Å². The van der Waals surface area contributed by atoms with Crippen LogP contribution in [0, 0.1) is 0 Å². The molecule has 0 heterocycles. The predicted molar refractivity (Wildman–Crippen MR) is 90.0 cm³/mol. The average Bonchev–Trinajstić information content (AvgIpc) is 2.65. The number of nitrogens with zero attached hydrogens (tertiary/aromatic N) is 2. The van der Waals surface area contributed by atoms with Crippen LogP contribution in [0.3, 0.4) is 0 Å². The number of methoxy groups -OCH3 is 2. The van der Waals surface area contributed by atoms with Gasteiger partial charge in [0.2, 0.25) is 0 Å². The van der Waals surface area contributed by atoms with Crippen LogP contribution in [0.2, 0.25) is 0 Å². The minimum absolute atomic E-state index is 0.0570. The molecule has 0 saturated heterocycles. The summed E-state index contributed by atoms with van der Waals surface area (Å²) in [5.74, 6) is 1.25. The van der Waals surface area contributed by atoms with Gasteiger partial charge >= 0.3 is 0 Å². The first-order chi connectivity index (χ1) is 11.7. The lowest BCUT2D eigenvalue weighted by molar-refractivity contribution is 0.223. The normalized spacial score (nSPS) is 11.8. The Balaban J connectivity index is 2.29.